The van der Waals surface area contributed by atoms with E-state index in [2.05, 4.69) is 4.74 Å². The lowest BCUT2D eigenvalue weighted by Gasteiger charge is -2.36. The predicted octanol–water partition coefficient (Wildman–Crippen LogP) is 0.915. The van der Waals surface area contributed by atoms with E-state index < -0.39 is 0 Å². The van der Waals surface area contributed by atoms with Crippen LogP contribution >= 0.6 is 0 Å². The zero-order chi connectivity index (χ0) is 13.5. The Morgan fingerprint density at radius 2 is 2.06 bits per heavy atom. The number of piperidine rings is 1. The molecule has 18 heavy (non-hydrogen) atoms. The highest BCUT2D eigenvalue weighted by Gasteiger charge is 2.27. The first-order valence-electron chi connectivity index (χ1n) is 6.67. The van der Waals surface area contributed by atoms with Crippen LogP contribution < -0.4 is 5.73 Å². The number of hydrogen-bond donors (Lipinski definition) is 1. The average molecular weight is 256 g/mol. The van der Waals surface area contributed by atoms with Crippen molar-refractivity contribution in [2.75, 3.05) is 20.2 Å². The Kier molecular flexibility index (Phi) is 6.12. The maximum absolute atomic E-state index is 11.9. The SMILES string of the molecule is CCCC(=O)N1CC(N)CC(CCC(=O)OC)C1. The van der Waals surface area contributed by atoms with Gasteiger partial charge in [0.1, 0.15) is 0 Å². The molecule has 0 spiro atoms. The minimum absolute atomic E-state index is 0.0298. The van der Waals surface area contributed by atoms with E-state index in [4.69, 9.17) is 5.73 Å². The molecule has 1 rings (SSSR count). The lowest BCUT2D eigenvalue weighted by Crippen LogP contribution is -2.49. The molecule has 0 aromatic rings. The molecule has 1 heterocycles. The van der Waals surface area contributed by atoms with Gasteiger partial charge in [-0.15, -0.1) is 0 Å². The molecule has 1 saturated heterocycles. The van der Waals surface area contributed by atoms with Crippen molar-refractivity contribution in [3.05, 3.63) is 0 Å². The minimum atomic E-state index is -0.194. The summed E-state index contributed by atoms with van der Waals surface area (Å²) in [4.78, 5) is 24.8. The molecule has 2 unspecified atom stereocenters. The summed E-state index contributed by atoms with van der Waals surface area (Å²) in [7, 11) is 1.39. The molecule has 1 amide bonds. The van der Waals surface area contributed by atoms with Crippen molar-refractivity contribution in [3.63, 3.8) is 0 Å². The number of methoxy groups -OCH3 is 1. The molecule has 0 aromatic carbocycles. The number of hydrogen-bond acceptors (Lipinski definition) is 4. The van der Waals surface area contributed by atoms with Crippen molar-refractivity contribution in [2.45, 2.75) is 45.1 Å². The van der Waals surface area contributed by atoms with Crippen molar-refractivity contribution in [2.24, 2.45) is 11.7 Å². The topological polar surface area (TPSA) is 72.6 Å². The number of ether oxygens (including phenoxy) is 1. The molecule has 0 aromatic heterocycles. The van der Waals surface area contributed by atoms with Gasteiger partial charge in [0.25, 0.3) is 0 Å². The van der Waals surface area contributed by atoms with Crippen LogP contribution in [0.3, 0.4) is 0 Å². The largest absolute Gasteiger partial charge is 0.469 e. The van der Waals surface area contributed by atoms with Crippen LogP contribution in [0.2, 0.25) is 0 Å². The average Bonchev–Trinajstić information content (AvgIpc) is 2.35. The molecule has 2 N–H and O–H groups in total. The third kappa shape index (κ3) is 4.64. The van der Waals surface area contributed by atoms with Crippen LogP contribution in [0.25, 0.3) is 0 Å². The first kappa shape index (κ1) is 15.0. The number of nitrogens with two attached hydrogens (primary N) is 1. The number of esters is 1. The van der Waals surface area contributed by atoms with Crippen LogP contribution in [0.1, 0.15) is 39.0 Å². The summed E-state index contributed by atoms with van der Waals surface area (Å²) in [5.74, 6) is 0.296. The van der Waals surface area contributed by atoms with E-state index >= 15 is 0 Å². The molecule has 5 heteroatoms. The highest BCUT2D eigenvalue weighted by atomic mass is 16.5. The second-order valence-corrected chi connectivity index (χ2v) is 5.03. The third-order valence-corrected chi connectivity index (χ3v) is 3.37. The summed E-state index contributed by atoms with van der Waals surface area (Å²) in [6.07, 6.45) is 3.47. The molecule has 0 bridgehead atoms. The maximum Gasteiger partial charge on any atom is 0.305 e. The summed E-state index contributed by atoms with van der Waals surface area (Å²) in [5, 5.41) is 0. The van der Waals surface area contributed by atoms with E-state index in [1.165, 1.54) is 7.11 Å². The first-order valence-corrected chi connectivity index (χ1v) is 6.67. The van der Waals surface area contributed by atoms with E-state index in [1.807, 2.05) is 11.8 Å². The maximum atomic E-state index is 11.9. The van der Waals surface area contributed by atoms with Crippen molar-refractivity contribution in [1.82, 2.24) is 4.90 Å². The monoisotopic (exact) mass is 256 g/mol. The van der Waals surface area contributed by atoms with Gasteiger partial charge >= 0.3 is 5.97 Å². The van der Waals surface area contributed by atoms with E-state index in [-0.39, 0.29) is 17.9 Å². The van der Waals surface area contributed by atoms with E-state index in [1.54, 1.807) is 0 Å². The van der Waals surface area contributed by atoms with Crippen molar-refractivity contribution in [3.8, 4) is 0 Å². The van der Waals surface area contributed by atoms with Crippen LogP contribution in [-0.4, -0.2) is 43.0 Å². The zero-order valence-corrected chi connectivity index (χ0v) is 11.4. The van der Waals surface area contributed by atoms with Gasteiger partial charge in [0, 0.05) is 32.0 Å². The lowest BCUT2D eigenvalue weighted by atomic mass is 9.90. The van der Waals surface area contributed by atoms with Crippen molar-refractivity contribution >= 4 is 11.9 Å². The van der Waals surface area contributed by atoms with Gasteiger partial charge in [-0.2, -0.15) is 0 Å². The van der Waals surface area contributed by atoms with Crippen LogP contribution in [0.5, 0.6) is 0 Å². The fraction of sp³-hybridized carbons (Fsp3) is 0.846. The van der Waals surface area contributed by atoms with Gasteiger partial charge in [-0.1, -0.05) is 6.92 Å². The lowest BCUT2D eigenvalue weighted by molar-refractivity contribution is -0.141. The Balaban J connectivity index is 2.45. The van der Waals surface area contributed by atoms with Crippen molar-refractivity contribution in [1.29, 1.82) is 0 Å². The molecule has 0 saturated carbocycles. The molecule has 1 aliphatic rings. The molecule has 1 fully saturated rings. The highest BCUT2D eigenvalue weighted by molar-refractivity contribution is 5.76. The number of nitrogens with zero attached hydrogens (tertiary/aromatic N) is 1. The predicted molar refractivity (Wildman–Crippen MR) is 68.8 cm³/mol. The van der Waals surface area contributed by atoms with Crippen molar-refractivity contribution < 1.29 is 14.3 Å². The molecule has 104 valence electrons. The number of likely N-dealkylation sites (tertiary alicyclic amines) is 1. The molecule has 5 nitrogen and oxygen atoms in total. The zero-order valence-electron chi connectivity index (χ0n) is 11.4. The summed E-state index contributed by atoms with van der Waals surface area (Å²) < 4.78 is 4.63. The van der Waals surface area contributed by atoms with Gasteiger partial charge in [0.05, 0.1) is 7.11 Å². The molecule has 0 radical (unpaired) electrons. The number of carbonyl (C=O) groups is 2. The number of amides is 1. The summed E-state index contributed by atoms with van der Waals surface area (Å²) in [6, 6.07) is 0.0298. The van der Waals surface area contributed by atoms with Gasteiger partial charge < -0.3 is 15.4 Å². The van der Waals surface area contributed by atoms with Gasteiger partial charge in [-0.3, -0.25) is 9.59 Å². The number of carbonyl (C=O) groups excluding carboxylic acids is 2. The Bertz CT molecular complexity index is 294. The quantitative estimate of drug-likeness (QED) is 0.742. The Hall–Kier alpha value is -1.10. The van der Waals surface area contributed by atoms with Crippen LogP contribution in [0.15, 0.2) is 0 Å². The van der Waals surface area contributed by atoms with Crippen LogP contribution in [0, 0.1) is 5.92 Å². The van der Waals surface area contributed by atoms with E-state index in [9.17, 15) is 9.59 Å². The van der Waals surface area contributed by atoms with E-state index in [0.717, 1.165) is 25.8 Å². The van der Waals surface area contributed by atoms with Gasteiger partial charge in [0.15, 0.2) is 0 Å². The molecular weight excluding hydrogens is 232 g/mol. The molecule has 1 aliphatic heterocycles. The van der Waals surface area contributed by atoms with Crippen LogP contribution in [-0.2, 0) is 14.3 Å². The minimum Gasteiger partial charge on any atom is -0.469 e. The molecule has 2 atom stereocenters. The normalized spacial score (nSPS) is 23.8. The smallest absolute Gasteiger partial charge is 0.305 e. The van der Waals surface area contributed by atoms with Crippen LogP contribution in [0.4, 0.5) is 0 Å². The number of rotatable bonds is 5. The van der Waals surface area contributed by atoms with Gasteiger partial charge in [-0.25, -0.2) is 0 Å². The molecule has 0 aliphatic carbocycles. The Morgan fingerprint density at radius 1 is 1.33 bits per heavy atom. The standard InChI is InChI=1S/C13H24N2O3/c1-3-4-12(16)15-8-10(7-11(14)9-15)5-6-13(17)18-2/h10-11H,3-9,14H2,1-2H3. The highest BCUT2D eigenvalue weighted by Crippen LogP contribution is 2.21. The van der Waals surface area contributed by atoms with E-state index in [0.29, 0.717) is 25.3 Å². The van der Waals surface area contributed by atoms with Gasteiger partial charge in [-0.05, 0) is 25.2 Å². The fourth-order valence-electron chi connectivity index (χ4n) is 2.46. The second-order valence-electron chi connectivity index (χ2n) is 5.03. The first-order chi connectivity index (χ1) is 8.56. The summed E-state index contributed by atoms with van der Waals surface area (Å²) >= 11 is 0. The Morgan fingerprint density at radius 3 is 2.67 bits per heavy atom. The third-order valence-electron chi connectivity index (χ3n) is 3.37. The molecular formula is C13H24N2O3. The van der Waals surface area contributed by atoms with Gasteiger partial charge in [0.2, 0.25) is 5.91 Å². The summed E-state index contributed by atoms with van der Waals surface area (Å²) in [5.41, 5.74) is 5.98. The second kappa shape index (κ2) is 7.36. The summed E-state index contributed by atoms with van der Waals surface area (Å²) in [6.45, 7) is 3.37. The fourth-order valence-corrected chi connectivity index (χ4v) is 2.46. The Labute approximate surface area is 109 Å².